The fourth-order valence-electron chi connectivity index (χ4n) is 1.79. The second kappa shape index (κ2) is 8.55. The molecule has 9 heteroatoms. The van der Waals surface area contributed by atoms with Gasteiger partial charge < -0.3 is 5.32 Å². The highest BCUT2D eigenvalue weighted by atomic mass is 35.5. The highest BCUT2D eigenvalue weighted by molar-refractivity contribution is 6.30. The molecule has 0 atom stereocenters. The molecule has 0 unspecified atom stereocenters. The number of non-ortho nitro benzene ring substituents is 1. The summed E-state index contributed by atoms with van der Waals surface area (Å²) in [7, 11) is 0. The molecule has 2 rings (SSSR count). The average Bonchev–Trinajstić information content (AvgIpc) is 2.60. The van der Waals surface area contributed by atoms with Crippen molar-refractivity contribution < 1.29 is 14.5 Å². The Kier molecular flexibility index (Phi) is 6.19. The third kappa shape index (κ3) is 5.70. The summed E-state index contributed by atoms with van der Waals surface area (Å²) in [6, 6.07) is 12.0. The Morgan fingerprint density at radius 2 is 1.92 bits per heavy atom. The first-order chi connectivity index (χ1) is 12.0. The van der Waals surface area contributed by atoms with Crippen molar-refractivity contribution >= 4 is 35.3 Å². The van der Waals surface area contributed by atoms with Crippen LogP contribution in [0.4, 0.5) is 5.69 Å². The molecule has 2 aromatic carbocycles. The van der Waals surface area contributed by atoms with Crippen LogP contribution in [-0.2, 0) is 4.79 Å². The monoisotopic (exact) mass is 360 g/mol. The molecular formula is C16H13ClN4O4. The zero-order chi connectivity index (χ0) is 18.2. The van der Waals surface area contributed by atoms with Crippen molar-refractivity contribution in [1.82, 2.24) is 10.7 Å². The van der Waals surface area contributed by atoms with Gasteiger partial charge in [0, 0.05) is 22.7 Å². The van der Waals surface area contributed by atoms with Crippen LogP contribution in [0.3, 0.4) is 0 Å². The Balaban J connectivity index is 1.80. The first-order valence-electron chi connectivity index (χ1n) is 7.06. The maximum absolute atomic E-state index is 11.8. The van der Waals surface area contributed by atoms with Gasteiger partial charge in [-0.1, -0.05) is 17.7 Å². The number of hydrogen-bond acceptors (Lipinski definition) is 5. The molecule has 0 aliphatic rings. The summed E-state index contributed by atoms with van der Waals surface area (Å²) in [4.78, 5) is 33.5. The van der Waals surface area contributed by atoms with Gasteiger partial charge in [-0.15, -0.1) is 0 Å². The molecule has 0 bridgehead atoms. The number of nitro groups is 1. The Morgan fingerprint density at radius 1 is 1.20 bits per heavy atom. The highest BCUT2D eigenvalue weighted by Gasteiger charge is 2.08. The number of carbonyl (C=O) groups excluding carboxylic acids is 2. The number of benzene rings is 2. The standard InChI is InChI=1S/C16H13ClN4O4/c17-13-3-1-2-12(8-13)16(23)18-10-15(22)20-19-9-11-4-6-14(7-5-11)21(24)25/h1-9H,10H2,(H,18,23)(H,20,22)/b19-9-. The van der Waals surface area contributed by atoms with Gasteiger partial charge in [0.1, 0.15) is 0 Å². The molecular weight excluding hydrogens is 348 g/mol. The van der Waals surface area contributed by atoms with Crippen molar-refractivity contribution in [2.75, 3.05) is 6.54 Å². The normalized spacial score (nSPS) is 10.4. The summed E-state index contributed by atoms with van der Waals surface area (Å²) in [6.07, 6.45) is 1.33. The summed E-state index contributed by atoms with van der Waals surface area (Å²) in [5, 5.41) is 17.1. The smallest absolute Gasteiger partial charge is 0.269 e. The van der Waals surface area contributed by atoms with Gasteiger partial charge in [0.05, 0.1) is 17.7 Å². The predicted molar refractivity (Wildman–Crippen MR) is 92.6 cm³/mol. The minimum atomic E-state index is -0.520. The third-order valence-electron chi connectivity index (χ3n) is 3.00. The fourth-order valence-corrected chi connectivity index (χ4v) is 1.98. The molecule has 0 heterocycles. The number of nitro benzene ring substituents is 1. The second-order valence-corrected chi connectivity index (χ2v) is 5.27. The van der Waals surface area contributed by atoms with Gasteiger partial charge >= 0.3 is 0 Å². The van der Waals surface area contributed by atoms with Gasteiger partial charge in [-0.25, -0.2) is 5.43 Å². The number of rotatable bonds is 6. The molecule has 0 aromatic heterocycles. The zero-order valence-electron chi connectivity index (χ0n) is 12.8. The lowest BCUT2D eigenvalue weighted by molar-refractivity contribution is -0.384. The fraction of sp³-hybridized carbons (Fsp3) is 0.0625. The topological polar surface area (TPSA) is 114 Å². The SMILES string of the molecule is O=C(CNC(=O)c1cccc(Cl)c1)N/N=C\c1ccc([N+](=O)[O-])cc1. The third-order valence-corrected chi connectivity index (χ3v) is 3.24. The molecule has 0 saturated heterocycles. The largest absolute Gasteiger partial charge is 0.343 e. The van der Waals surface area contributed by atoms with Gasteiger partial charge in [-0.2, -0.15) is 5.10 Å². The molecule has 0 aliphatic carbocycles. The molecule has 2 N–H and O–H groups in total. The number of nitrogens with one attached hydrogen (secondary N) is 2. The number of amides is 2. The van der Waals surface area contributed by atoms with Crippen molar-refractivity contribution in [3.05, 3.63) is 74.8 Å². The van der Waals surface area contributed by atoms with Crippen LogP contribution in [0.2, 0.25) is 5.02 Å². The highest BCUT2D eigenvalue weighted by Crippen LogP contribution is 2.11. The van der Waals surface area contributed by atoms with Gasteiger partial charge in [-0.3, -0.25) is 19.7 Å². The van der Waals surface area contributed by atoms with Crippen LogP contribution in [-0.4, -0.2) is 29.5 Å². The minimum Gasteiger partial charge on any atom is -0.343 e. The minimum absolute atomic E-state index is 0.0371. The van der Waals surface area contributed by atoms with E-state index in [2.05, 4.69) is 15.8 Å². The summed E-state index contributed by atoms with van der Waals surface area (Å²) >= 11 is 5.79. The lowest BCUT2D eigenvalue weighted by Gasteiger charge is -2.04. The second-order valence-electron chi connectivity index (χ2n) is 4.83. The van der Waals surface area contributed by atoms with Crippen LogP contribution in [0.25, 0.3) is 0 Å². The number of hydrogen-bond donors (Lipinski definition) is 2. The van der Waals surface area contributed by atoms with Crippen molar-refractivity contribution in [2.45, 2.75) is 0 Å². The van der Waals surface area contributed by atoms with Gasteiger partial charge in [-0.05, 0) is 35.9 Å². The molecule has 8 nitrogen and oxygen atoms in total. The van der Waals surface area contributed by atoms with Crippen molar-refractivity contribution in [3.63, 3.8) is 0 Å². The van der Waals surface area contributed by atoms with E-state index < -0.39 is 16.7 Å². The summed E-state index contributed by atoms with van der Waals surface area (Å²) in [6.45, 7) is -0.261. The van der Waals surface area contributed by atoms with E-state index in [4.69, 9.17) is 11.6 Å². The molecule has 0 spiro atoms. The molecule has 2 aromatic rings. The number of carbonyl (C=O) groups is 2. The zero-order valence-corrected chi connectivity index (χ0v) is 13.6. The number of halogens is 1. The summed E-state index contributed by atoms with van der Waals surface area (Å²) < 4.78 is 0. The molecule has 2 amide bonds. The van der Waals surface area contributed by atoms with E-state index in [9.17, 15) is 19.7 Å². The van der Waals surface area contributed by atoms with Gasteiger partial charge in [0.2, 0.25) is 0 Å². The quantitative estimate of drug-likeness (QED) is 0.466. The van der Waals surface area contributed by atoms with E-state index in [0.29, 0.717) is 16.1 Å². The van der Waals surface area contributed by atoms with E-state index in [-0.39, 0.29) is 12.2 Å². The van der Waals surface area contributed by atoms with Crippen LogP contribution in [0.5, 0.6) is 0 Å². The molecule has 25 heavy (non-hydrogen) atoms. The molecule has 0 aliphatic heterocycles. The first-order valence-corrected chi connectivity index (χ1v) is 7.43. The van der Waals surface area contributed by atoms with Crippen LogP contribution in [0, 0.1) is 10.1 Å². The lowest BCUT2D eigenvalue weighted by atomic mass is 10.2. The molecule has 0 fully saturated rings. The summed E-state index contributed by atoms with van der Waals surface area (Å²) in [5.74, 6) is -0.953. The van der Waals surface area contributed by atoms with Gasteiger partial charge in [0.25, 0.3) is 17.5 Å². The predicted octanol–water partition coefficient (Wildman–Crippen LogP) is 2.13. The van der Waals surface area contributed by atoms with Crippen LogP contribution < -0.4 is 10.7 Å². The molecule has 0 saturated carbocycles. The van der Waals surface area contributed by atoms with E-state index in [1.54, 1.807) is 18.2 Å². The van der Waals surface area contributed by atoms with Crippen LogP contribution >= 0.6 is 11.6 Å². The average molecular weight is 361 g/mol. The lowest BCUT2D eigenvalue weighted by Crippen LogP contribution is -2.34. The molecule has 128 valence electrons. The first kappa shape index (κ1) is 18.1. The van der Waals surface area contributed by atoms with E-state index >= 15 is 0 Å². The van der Waals surface area contributed by atoms with Crippen molar-refractivity contribution in [2.24, 2.45) is 5.10 Å². The van der Waals surface area contributed by atoms with Crippen LogP contribution in [0.1, 0.15) is 15.9 Å². The maximum Gasteiger partial charge on any atom is 0.269 e. The van der Waals surface area contributed by atoms with Crippen molar-refractivity contribution in [3.8, 4) is 0 Å². The Morgan fingerprint density at radius 3 is 2.56 bits per heavy atom. The van der Waals surface area contributed by atoms with Crippen molar-refractivity contribution in [1.29, 1.82) is 0 Å². The van der Waals surface area contributed by atoms with E-state index in [1.807, 2.05) is 0 Å². The maximum atomic E-state index is 11.8. The van der Waals surface area contributed by atoms with E-state index in [1.165, 1.54) is 36.5 Å². The number of nitrogens with zero attached hydrogens (tertiary/aromatic N) is 2. The van der Waals surface area contributed by atoms with Gasteiger partial charge in [0.15, 0.2) is 0 Å². The Bertz CT molecular complexity index is 821. The Labute approximate surface area is 147 Å². The number of hydrazone groups is 1. The molecule has 0 radical (unpaired) electrons. The summed E-state index contributed by atoms with van der Waals surface area (Å²) in [5.41, 5.74) is 3.13. The Hall–Kier alpha value is -3.26. The van der Waals surface area contributed by atoms with E-state index in [0.717, 1.165) is 0 Å². The van der Waals surface area contributed by atoms with Crippen LogP contribution in [0.15, 0.2) is 53.6 Å².